The van der Waals surface area contributed by atoms with Crippen LogP contribution in [0, 0.1) is 0 Å². The molecular weight excluding hydrogens is 388 g/mol. The number of unbranched alkanes of at least 4 members (excludes halogenated alkanes) is 8. The fraction of sp³-hybridized carbons (Fsp3) is 1.00. The highest BCUT2D eigenvalue weighted by molar-refractivity contribution is 4.77. The third-order valence-corrected chi connectivity index (χ3v) is 6.39. The molecule has 4 nitrogen and oxygen atoms in total. The van der Waals surface area contributed by atoms with Crippen LogP contribution in [0.25, 0.3) is 0 Å². The van der Waals surface area contributed by atoms with Crippen LogP contribution < -0.4 is 0 Å². The van der Waals surface area contributed by atoms with Crippen molar-refractivity contribution in [3.05, 3.63) is 0 Å². The van der Waals surface area contributed by atoms with Gasteiger partial charge in [0.1, 0.15) is 0 Å². The lowest BCUT2D eigenvalue weighted by Crippen LogP contribution is -2.33. The first kappa shape index (κ1) is 30.8. The number of hydrogen-bond donors (Lipinski definition) is 0. The molecule has 1 unspecified atom stereocenters. The van der Waals surface area contributed by atoms with Crippen LogP contribution in [0.1, 0.15) is 137 Å². The van der Waals surface area contributed by atoms with E-state index < -0.39 is 0 Å². The molecule has 0 aliphatic carbocycles. The molecule has 1 rings (SSSR count). The summed E-state index contributed by atoms with van der Waals surface area (Å²) in [6, 6.07) is 0. The molecule has 0 aromatic heterocycles. The highest BCUT2D eigenvalue weighted by atomic mass is 16.7. The zero-order valence-corrected chi connectivity index (χ0v) is 22.2. The molecule has 1 aliphatic heterocycles. The molecule has 188 valence electrons. The Kier molecular flexibility index (Phi) is 19.2. The summed E-state index contributed by atoms with van der Waals surface area (Å²) in [5, 5.41) is 0. The van der Waals surface area contributed by atoms with Gasteiger partial charge in [-0.1, -0.05) is 79.1 Å². The maximum atomic E-state index is 5.93. The van der Waals surface area contributed by atoms with Crippen molar-refractivity contribution < 1.29 is 18.9 Å². The first-order valence-electron chi connectivity index (χ1n) is 13.4. The highest BCUT2D eigenvalue weighted by Crippen LogP contribution is 2.33. The maximum Gasteiger partial charge on any atom is 0.168 e. The van der Waals surface area contributed by atoms with Crippen molar-refractivity contribution in [2.45, 2.75) is 155 Å². The molecule has 0 aromatic rings. The Balaban J connectivity index is 0.000000590. The first-order valence-corrected chi connectivity index (χ1v) is 13.4. The number of ether oxygens (including phenoxy) is 4. The van der Waals surface area contributed by atoms with Gasteiger partial charge in [-0.2, -0.15) is 0 Å². The van der Waals surface area contributed by atoms with E-state index in [1.165, 1.54) is 77.0 Å². The van der Waals surface area contributed by atoms with Crippen LogP contribution in [0.4, 0.5) is 0 Å². The Hall–Kier alpha value is -0.160. The Morgan fingerprint density at radius 3 is 1.48 bits per heavy atom. The number of hydrogen-bond acceptors (Lipinski definition) is 4. The van der Waals surface area contributed by atoms with E-state index in [1.807, 2.05) is 0 Å². The second-order valence-electron chi connectivity index (χ2n) is 9.30. The van der Waals surface area contributed by atoms with Gasteiger partial charge in [0.15, 0.2) is 11.6 Å². The van der Waals surface area contributed by atoms with Crippen molar-refractivity contribution in [1.29, 1.82) is 0 Å². The molecule has 1 atom stereocenters. The van der Waals surface area contributed by atoms with Crippen LogP contribution in [0.15, 0.2) is 0 Å². The van der Waals surface area contributed by atoms with Crippen LogP contribution in [0.3, 0.4) is 0 Å². The van der Waals surface area contributed by atoms with Gasteiger partial charge in [-0.05, 0) is 32.6 Å². The maximum absolute atomic E-state index is 5.93. The second kappa shape index (κ2) is 19.3. The highest BCUT2D eigenvalue weighted by Gasteiger charge is 2.38. The van der Waals surface area contributed by atoms with Gasteiger partial charge in [0, 0.05) is 39.9 Å². The van der Waals surface area contributed by atoms with Gasteiger partial charge in [0.25, 0.3) is 0 Å². The summed E-state index contributed by atoms with van der Waals surface area (Å²) in [5.41, 5.74) is 0. The number of rotatable bonds is 18. The lowest BCUT2D eigenvalue weighted by Gasteiger charge is -2.31. The van der Waals surface area contributed by atoms with Crippen molar-refractivity contribution in [1.82, 2.24) is 0 Å². The third-order valence-electron chi connectivity index (χ3n) is 6.39. The largest absolute Gasteiger partial charge is 0.353 e. The van der Waals surface area contributed by atoms with Crippen LogP contribution in [-0.4, -0.2) is 38.5 Å². The van der Waals surface area contributed by atoms with Crippen molar-refractivity contribution in [3.63, 3.8) is 0 Å². The van der Waals surface area contributed by atoms with Crippen molar-refractivity contribution in [2.75, 3.05) is 20.8 Å². The molecule has 0 N–H and O–H groups in total. The molecule has 0 aromatic carbocycles. The van der Waals surface area contributed by atoms with E-state index in [-0.39, 0.29) is 17.7 Å². The summed E-state index contributed by atoms with van der Waals surface area (Å²) >= 11 is 0. The average Bonchev–Trinajstić information content (AvgIpc) is 3.17. The minimum absolute atomic E-state index is 0.231. The Bertz CT molecular complexity index is 359. The van der Waals surface area contributed by atoms with Crippen molar-refractivity contribution in [3.8, 4) is 0 Å². The normalized spacial score (nSPS) is 18.1. The van der Waals surface area contributed by atoms with Gasteiger partial charge in [0.2, 0.25) is 0 Å². The molecular formula is C27H56O4. The van der Waals surface area contributed by atoms with Crippen LogP contribution in [0.5, 0.6) is 0 Å². The fourth-order valence-corrected chi connectivity index (χ4v) is 4.24. The SMILES string of the molecule is CCCCC1(CCCC)OCC(C)O1.CCCCCCC(CCCCCC)(OC)OC. The van der Waals surface area contributed by atoms with Gasteiger partial charge in [-0.25, -0.2) is 0 Å². The second-order valence-corrected chi connectivity index (χ2v) is 9.30. The summed E-state index contributed by atoms with van der Waals surface area (Å²) in [6.07, 6.45) is 19.5. The lowest BCUT2D eigenvalue weighted by molar-refractivity contribution is -0.216. The molecule has 31 heavy (non-hydrogen) atoms. The quantitative estimate of drug-likeness (QED) is 0.157. The fourth-order valence-electron chi connectivity index (χ4n) is 4.24. The van der Waals surface area contributed by atoms with E-state index >= 15 is 0 Å². The minimum atomic E-state index is -0.318. The van der Waals surface area contributed by atoms with E-state index in [1.54, 1.807) is 14.2 Å². The zero-order valence-electron chi connectivity index (χ0n) is 22.2. The molecule has 0 radical (unpaired) electrons. The van der Waals surface area contributed by atoms with E-state index in [4.69, 9.17) is 18.9 Å². The van der Waals surface area contributed by atoms with Crippen molar-refractivity contribution >= 4 is 0 Å². The van der Waals surface area contributed by atoms with Crippen LogP contribution in [-0.2, 0) is 18.9 Å². The van der Waals surface area contributed by atoms with E-state index in [0.29, 0.717) is 0 Å². The van der Waals surface area contributed by atoms with Gasteiger partial charge in [-0.15, -0.1) is 0 Å². The molecule has 1 aliphatic rings. The minimum Gasteiger partial charge on any atom is -0.353 e. The van der Waals surface area contributed by atoms with Gasteiger partial charge in [0.05, 0.1) is 12.7 Å². The van der Waals surface area contributed by atoms with Gasteiger partial charge in [-0.3, -0.25) is 0 Å². The predicted molar refractivity (Wildman–Crippen MR) is 133 cm³/mol. The van der Waals surface area contributed by atoms with Crippen molar-refractivity contribution in [2.24, 2.45) is 0 Å². The summed E-state index contributed by atoms with van der Waals surface area (Å²) < 4.78 is 23.0. The first-order chi connectivity index (χ1) is 15.0. The Morgan fingerprint density at radius 1 is 0.710 bits per heavy atom. The molecule has 4 heteroatoms. The van der Waals surface area contributed by atoms with Crippen LogP contribution >= 0.6 is 0 Å². The topological polar surface area (TPSA) is 36.9 Å². The monoisotopic (exact) mass is 444 g/mol. The summed E-state index contributed by atoms with van der Waals surface area (Å²) in [6.45, 7) is 11.8. The standard InChI is InChI=1S/C15H32O2.C12H24O2/c1-5-7-9-11-13-15(16-3,17-4)14-12-10-8-6-2;1-4-6-8-12(9-7-5-2)13-10-11(3)14-12/h5-14H2,1-4H3;11H,4-10H2,1-3H3. The van der Waals surface area contributed by atoms with Gasteiger partial charge < -0.3 is 18.9 Å². The summed E-state index contributed by atoms with van der Waals surface area (Å²) in [7, 11) is 3.56. The van der Waals surface area contributed by atoms with E-state index in [0.717, 1.165) is 32.3 Å². The molecule has 1 fully saturated rings. The van der Waals surface area contributed by atoms with E-state index in [2.05, 4.69) is 34.6 Å². The predicted octanol–water partition coefficient (Wildman–Crippen LogP) is 8.41. The zero-order chi connectivity index (χ0) is 23.4. The summed E-state index contributed by atoms with van der Waals surface area (Å²) in [5.74, 6) is -0.549. The summed E-state index contributed by atoms with van der Waals surface area (Å²) in [4.78, 5) is 0. The van der Waals surface area contributed by atoms with Crippen LogP contribution in [0.2, 0.25) is 0 Å². The van der Waals surface area contributed by atoms with E-state index in [9.17, 15) is 0 Å². The number of methoxy groups -OCH3 is 2. The third kappa shape index (κ3) is 13.9. The molecule has 1 heterocycles. The Morgan fingerprint density at radius 2 is 1.16 bits per heavy atom. The molecule has 1 saturated heterocycles. The average molecular weight is 445 g/mol. The molecule has 0 saturated carbocycles. The smallest absolute Gasteiger partial charge is 0.168 e. The molecule has 0 bridgehead atoms. The Labute approximate surface area is 195 Å². The molecule has 0 spiro atoms. The lowest BCUT2D eigenvalue weighted by atomic mass is 9.99. The molecule has 0 amide bonds. The van der Waals surface area contributed by atoms with Gasteiger partial charge >= 0.3 is 0 Å².